The Morgan fingerprint density at radius 1 is 1.13 bits per heavy atom. The van der Waals surface area contributed by atoms with E-state index in [1.165, 1.54) is 25.2 Å². The van der Waals surface area contributed by atoms with E-state index in [1.54, 1.807) is 0 Å². The van der Waals surface area contributed by atoms with Crippen LogP contribution in [0.5, 0.6) is 0 Å². The van der Waals surface area contributed by atoms with Gasteiger partial charge in [0.25, 0.3) is 0 Å². The fourth-order valence-electron chi connectivity index (χ4n) is 1.81. The van der Waals surface area contributed by atoms with Crippen LogP contribution in [0.2, 0.25) is 5.02 Å². The number of alkyl halides is 6. The van der Waals surface area contributed by atoms with Crippen LogP contribution < -0.4 is 0 Å². The Hall–Kier alpha value is -1.35. The lowest BCUT2D eigenvalue weighted by atomic mass is 10.1. The van der Waals surface area contributed by atoms with E-state index in [-0.39, 0.29) is 15.6 Å². The van der Waals surface area contributed by atoms with Crippen LogP contribution in [0.15, 0.2) is 29.2 Å². The molecule has 1 aromatic carbocycles. The number of rotatable bonds is 3. The van der Waals surface area contributed by atoms with Crippen molar-refractivity contribution >= 4 is 23.4 Å². The van der Waals surface area contributed by atoms with Gasteiger partial charge in [0.15, 0.2) is 5.69 Å². The molecule has 0 saturated carbocycles. The molecule has 1 heterocycles. The monoisotopic (exact) mass is 374 g/mol. The topological polar surface area (TPSA) is 17.8 Å². The third-order valence-corrected chi connectivity index (χ3v) is 4.35. The zero-order valence-corrected chi connectivity index (χ0v) is 13.0. The standard InChI is InChI=1S/C13H9ClF6N2S/c1-22-9(5-11(21-22)13(18,19)20)7-2-3-8(14)10(4-7)23-6-12(15,16)17/h2-5H,6H2,1H3. The summed E-state index contributed by atoms with van der Waals surface area (Å²) in [7, 11) is 1.32. The van der Waals surface area contributed by atoms with Crippen LogP contribution in [-0.4, -0.2) is 21.7 Å². The van der Waals surface area contributed by atoms with Crippen LogP contribution >= 0.6 is 23.4 Å². The fraction of sp³-hybridized carbons (Fsp3) is 0.308. The quantitative estimate of drug-likeness (QED) is 0.528. The van der Waals surface area contributed by atoms with E-state index in [0.29, 0.717) is 17.3 Å². The lowest BCUT2D eigenvalue weighted by Crippen LogP contribution is -2.10. The second kappa shape index (κ2) is 6.27. The largest absolute Gasteiger partial charge is 0.435 e. The molecule has 0 unspecified atom stereocenters. The molecule has 2 nitrogen and oxygen atoms in total. The van der Waals surface area contributed by atoms with Crippen molar-refractivity contribution in [3.05, 3.63) is 35.0 Å². The first-order valence-corrected chi connectivity index (χ1v) is 7.44. The molecular weight excluding hydrogens is 366 g/mol. The molecule has 0 N–H and O–H groups in total. The van der Waals surface area contributed by atoms with Crippen LogP contribution in [0.4, 0.5) is 26.3 Å². The first-order valence-electron chi connectivity index (χ1n) is 6.08. The van der Waals surface area contributed by atoms with Gasteiger partial charge in [-0.15, -0.1) is 11.8 Å². The Morgan fingerprint density at radius 2 is 1.78 bits per heavy atom. The fourth-order valence-corrected chi connectivity index (χ4v) is 2.83. The summed E-state index contributed by atoms with van der Waals surface area (Å²) < 4.78 is 75.9. The van der Waals surface area contributed by atoms with Gasteiger partial charge in [-0.25, -0.2) is 0 Å². The van der Waals surface area contributed by atoms with E-state index in [1.807, 2.05) is 0 Å². The Morgan fingerprint density at radius 3 is 2.30 bits per heavy atom. The summed E-state index contributed by atoms with van der Waals surface area (Å²) >= 11 is 6.31. The van der Waals surface area contributed by atoms with Crippen molar-refractivity contribution < 1.29 is 26.3 Å². The van der Waals surface area contributed by atoms with Crippen LogP contribution in [0.25, 0.3) is 11.3 Å². The summed E-state index contributed by atoms with van der Waals surface area (Å²) in [5.74, 6) is -1.14. The zero-order valence-electron chi connectivity index (χ0n) is 11.5. The van der Waals surface area contributed by atoms with Crippen molar-refractivity contribution in [1.82, 2.24) is 9.78 Å². The predicted octanol–water partition coefficient (Wildman–Crippen LogP) is 5.41. The molecule has 1 aromatic heterocycles. The molecule has 0 spiro atoms. The summed E-state index contributed by atoms with van der Waals surface area (Å²) in [5.41, 5.74) is -0.651. The van der Waals surface area contributed by atoms with Crippen LogP contribution in [0.3, 0.4) is 0 Å². The second-order valence-corrected chi connectivity index (χ2v) is 6.01. The lowest BCUT2D eigenvalue weighted by molar-refractivity contribution is -0.141. The number of hydrogen-bond acceptors (Lipinski definition) is 2. The highest BCUT2D eigenvalue weighted by molar-refractivity contribution is 7.99. The Bertz CT molecular complexity index is 707. The van der Waals surface area contributed by atoms with E-state index in [4.69, 9.17) is 11.6 Å². The van der Waals surface area contributed by atoms with Crippen LogP contribution in [0.1, 0.15) is 5.69 Å². The molecule has 0 bridgehead atoms. The minimum Gasteiger partial charge on any atom is -0.267 e. The van der Waals surface area contributed by atoms with Crippen molar-refractivity contribution in [3.63, 3.8) is 0 Å². The zero-order chi connectivity index (χ0) is 17.4. The van der Waals surface area contributed by atoms with E-state index < -0.39 is 23.8 Å². The average Bonchev–Trinajstić information content (AvgIpc) is 2.79. The first-order chi connectivity index (χ1) is 10.5. The summed E-state index contributed by atoms with van der Waals surface area (Å²) in [4.78, 5) is 0.135. The summed E-state index contributed by atoms with van der Waals surface area (Å²) in [6.07, 6.45) is -8.98. The molecule has 0 radical (unpaired) electrons. The highest BCUT2D eigenvalue weighted by Crippen LogP contribution is 2.36. The van der Waals surface area contributed by atoms with Gasteiger partial charge in [-0.3, -0.25) is 4.68 Å². The SMILES string of the molecule is Cn1nc(C(F)(F)F)cc1-c1ccc(Cl)c(SCC(F)(F)F)c1. The molecule has 10 heteroatoms. The second-order valence-electron chi connectivity index (χ2n) is 4.59. The van der Waals surface area contributed by atoms with Gasteiger partial charge in [-0.1, -0.05) is 17.7 Å². The number of halogens is 7. The highest BCUT2D eigenvalue weighted by Gasteiger charge is 2.34. The van der Waals surface area contributed by atoms with Gasteiger partial charge in [0.05, 0.1) is 16.5 Å². The van der Waals surface area contributed by atoms with Gasteiger partial charge in [0.2, 0.25) is 0 Å². The maximum Gasteiger partial charge on any atom is 0.435 e. The van der Waals surface area contributed by atoms with Gasteiger partial charge < -0.3 is 0 Å². The molecule has 2 aromatic rings. The number of hydrogen-bond donors (Lipinski definition) is 0. The highest BCUT2D eigenvalue weighted by atomic mass is 35.5. The van der Waals surface area contributed by atoms with Crippen molar-refractivity contribution in [2.24, 2.45) is 7.05 Å². The maximum absolute atomic E-state index is 12.7. The van der Waals surface area contributed by atoms with E-state index in [2.05, 4.69) is 5.10 Å². The van der Waals surface area contributed by atoms with Gasteiger partial charge in [-0.05, 0) is 18.2 Å². The number of thioether (sulfide) groups is 1. The third kappa shape index (κ3) is 4.57. The minimum atomic E-state index is -4.60. The Balaban J connectivity index is 2.36. The summed E-state index contributed by atoms with van der Waals surface area (Å²) in [5, 5.41) is 3.47. The molecule has 0 aliphatic carbocycles. The van der Waals surface area contributed by atoms with Gasteiger partial charge >= 0.3 is 12.4 Å². The van der Waals surface area contributed by atoms with Gasteiger partial charge in [0.1, 0.15) is 0 Å². The number of benzene rings is 1. The van der Waals surface area contributed by atoms with Crippen molar-refractivity contribution in [3.8, 4) is 11.3 Å². The minimum absolute atomic E-state index is 0.0983. The average molecular weight is 375 g/mol. The molecule has 126 valence electrons. The van der Waals surface area contributed by atoms with E-state index in [0.717, 1.165) is 10.7 Å². The predicted molar refractivity (Wildman–Crippen MR) is 75.4 cm³/mol. The normalized spacial score (nSPS) is 12.7. The third-order valence-electron chi connectivity index (χ3n) is 2.79. The lowest BCUT2D eigenvalue weighted by Gasteiger charge is -2.09. The Labute approximate surface area is 136 Å². The number of nitrogens with zero attached hydrogens (tertiary/aromatic N) is 2. The van der Waals surface area contributed by atoms with Crippen LogP contribution in [0, 0.1) is 0 Å². The molecule has 23 heavy (non-hydrogen) atoms. The summed E-state index contributed by atoms with van der Waals surface area (Å²) in [6, 6.07) is 4.92. The van der Waals surface area contributed by atoms with Crippen LogP contribution in [-0.2, 0) is 13.2 Å². The molecule has 0 atom stereocenters. The Kier molecular flexibility index (Phi) is 4.91. The van der Waals surface area contributed by atoms with E-state index >= 15 is 0 Å². The van der Waals surface area contributed by atoms with Crippen molar-refractivity contribution in [2.45, 2.75) is 17.2 Å². The molecule has 0 aliphatic rings. The molecule has 0 aliphatic heterocycles. The molecule has 2 rings (SSSR count). The maximum atomic E-state index is 12.7. The van der Waals surface area contributed by atoms with Gasteiger partial charge in [-0.2, -0.15) is 31.4 Å². The van der Waals surface area contributed by atoms with E-state index in [9.17, 15) is 26.3 Å². The number of aryl methyl sites for hydroxylation is 1. The number of aromatic nitrogens is 2. The summed E-state index contributed by atoms with van der Waals surface area (Å²) in [6.45, 7) is 0. The van der Waals surface area contributed by atoms with Crippen molar-refractivity contribution in [2.75, 3.05) is 5.75 Å². The molecule has 0 fully saturated rings. The molecule has 0 saturated heterocycles. The smallest absolute Gasteiger partial charge is 0.267 e. The molecule has 0 amide bonds. The first kappa shape index (κ1) is 18.0. The molecular formula is C13H9ClF6N2S. The van der Waals surface area contributed by atoms with Gasteiger partial charge in [0, 0.05) is 17.5 Å². The van der Waals surface area contributed by atoms with Crippen molar-refractivity contribution in [1.29, 1.82) is 0 Å².